The number of anilines is 1. The van der Waals surface area contributed by atoms with E-state index in [1.54, 1.807) is 0 Å². The van der Waals surface area contributed by atoms with E-state index in [2.05, 4.69) is 15.3 Å². The van der Waals surface area contributed by atoms with Gasteiger partial charge in [0, 0.05) is 20.3 Å². The number of benzene rings is 1. The smallest absolute Gasteiger partial charge is 0.298 e. The number of pyridine rings is 1. The first kappa shape index (κ1) is 16.2. The highest BCUT2D eigenvalue weighted by molar-refractivity contribution is 7.22. The number of amides is 1. The number of fused-ring (bicyclic) bond motifs is 2. The molecule has 0 aliphatic carbocycles. The number of hydrogen-bond acceptors (Lipinski definition) is 6. The van der Waals surface area contributed by atoms with Gasteiger partial charge in [0.2, 0.25) is 0 Å². The zero-order chi connectivity index (χ0) is 18.4. The summed E-state index contributed by atoms with van der Waals surface area (Å²) < 4.78 is 3.22. The van der Waals surface area contributed by atoms with Crippen LogP contribution in [-0.2, 0) is 14.1 Å². The van der Waals surface area contributed by atoms with Crippen LogP contribution in [0.2, 0.25) is 0 Å². The molecule has 3 heterocycles. The Labute approximate surface area is 150 Å². The van der Waals surface area contributed by atoms with E-state index in [1.165, 1.54) is 42.3 Å². The van der Waals surface area contributed by atoms with E-state index in [0.717, 1.165) is 14.8 Å². The molecular weight excluding hydrogens is 354 g/mol. The van der Waals surface area contributed by atoms with Gasteiger partial charge in [-0.1, -0.05) is 23.5 Å². The van der Waals surface area contributed by atoms with Gasteiger partial charge < -0.3 is 0 Å². The average Bonchev–Trinajstić information content (AvgIpc) is 3.06. The van der Waals surface area contributed by atoms with Crippen molar-refractivity contribution in [3.8, 4) is 0 Å². The van der Waals surface area contributed by atoms with Crippen molar-refractivity contribution in [2.24, 2.45) is 14.1 Å². The molecule has 8 nitrogen and oxygen atoms in total. The molecule has 9 heteroatoms. The Kier molecular flexibility index (Phi) is 3.66. The van der Waals surface area contributed by atoms with E-state index in [4.69, 9.17) is 0 Å². The molecule has 1 N–H and O–H groups in total. The lowest BCUT2D eigenvalue weighted by atomic mass is 10.2. The number of thiazole rings is 1. The summed E-state index contributed by atoms with van der Waals surface area (Å²) in [6.45, 7) is 0. The largest absolute Gasteiger partial charge is 0.332 e. The molecule has 0 aliphatic heterocycles. The number of aromatic nitrogens is 4. The van der Waals surface area contributed by atoms with Crippen molar-refractivity contribution >= 4 is 43.6 Å². The van der Waals surface area contributed by atoms with E-state index in [1.807, 2.05) is 24.3 Å². The highest BCUT2D eigenvalue weighted by atomic mass is 32.1. The van der Waals surface area contributed by atoms with E-state index in [-0.39, 0.29) is 16.6 Å². The van der Waals surface area contributed by atoms with E-state index in [0.29, 0.717) is 5.13 Å². The zero-order valence-corrected chi connectivity index (χ0v) is 14.7. The molecule has 1 aromatic carbocycles. The molecule has 4 aromatic rings. The summed E-state index contributed by atoms with van der Waals surface area (Å²) in [5.74, 6) is -0.422. The van der Waals surface area contributed by atoms with Crippen molar-refractivity contribution in [3.05, 3.63) is 62.9 Å². The fraction of sp³-hybridized carbons (Fsp3) is 0.118. The first-order valence-electron chi connectivity index (χ1n) is 7.68. The van der Waals surface area contributed by atoms with Crippen LogP contribution in [0.25, 0.3) is 21.3 Å². The minimum absolute atomic E-state index is 0.201. The molecule has 0 aliphatic rings. The van der Waals surface area contributed by atoms with Gasteiger partial charge in [-0.25, -0.2) is 14.8 Å². The molecule has 1 amide bonds. The lowest BCUT2D eigenvalue weighted by Crippen LogP contribution is -2.37. The minimum atomic E-state index is -0.495. The van der Waals surface area contributed by atoms with Crippen LogP contribution in [0.4, 0.5) is 5.13 Å². The number of nitrogens with one attached hydrogen (secondary N) is 1. The number of nitrogens with zero attached hydrogens (tertiary/aromatic N) is 4. The summed E-state index contributed by atoms with van der Waals surface area (Å²) in [4.78, 5) is 45.3. The van der Waals surface area contributed by atoms with Crippen molar-refractivity contribution in [1.29, 1.82) is 0 Å². The topological polar surface area (TPSA) is 98.9 Å². The number of rotatable bonds is 2. The van der Waals surface area contributed by atoms with E-state index >= 15 is 0 Å². The Hall–Kier alpha value is -3.33. The highest BCUT2D eigenvalue weighted by Crippen LogP contribution is 2.25. The molecule has 0 spiro atoms. The molecule has 0 unspecified atom stereocenters. The normalized spacial score (nSPS) is 11.2. The van der Waals surface area contributed by atoms with Gasteiger partial charge in [0.1, 0.15) is 5.65 Å². The fourth-order valence-corrected chi connectivity index (χ4v) is 3.55. The third-order valence-corrected chi connectivity index (χ3v) is 5.02. The van der Waals surface area contributed by atoms with Crippen LogP contribution in [0.15, 0.2) is 46.1 Å². The van der Waals surface area contributed by atoms with Crippen LogP contribution in [0, 0.1) is 0 Å². The Morgan fingerprint density at radius 2 is 1.92 bits per heavy atom. The molecule has 0 fully saturated rings. The van der Waals surface area contributed by atoms with Crippen molar-refractivity contribution in [2.45, 2.75) is 0 Å². The Morgan fingerprint density at radius 1 is 1.15 bits per heavy atom. The third-order valence-electron chi connectivity index (χ3n) is 4.07. The fourth-order valence-electron chi connectivity index (χ4n) is 2.68. The van der Waals surface area contributed by atoms with Crippen molar-refractivity contribution in [3.63, 3.8) is 0 Å². The van der Waals surface area contributed by atoms with Crippen LogP contribution in [-0.4, -0.2) is 25.0 Å². The Bertz CT molecular complexity index is 1270. The second kappa shape index (κ2) is 5.88. The van der Waals surface area contributed by atoms with Gasteiger partial charge in [0.15, 0.2) is 5.13 Å². The van der Waals surface area contributed by atoms with Gasteiger partial charge in [0.05, 0.1) is 21.2 Å². The molecule has 0 bridgehead atoms. The summed E-state index contributed by atoms with van der Waals surface area (Å²) in [7, 11) is 2.91. The van der Waals surface area contributed by atoms with Gasteiger partial charge in [-0.3, -0.25) is 24.0 Å². The first-order valence-corrected chi connectivity index (χ1v) is 8.50. The molecular formula is C17H13N5O3S. The minimum Gasteiger partial charge on any atom is -0.298 e. The molecule has 3 aromatic heterocycles. The zero-order valence-electron chi connectivity index (χ0n) is 13.9. The third kappa shape index (κ3) is 2.49. The first-order chi connectivity index (χ1) is 12.5. The lowest BCUT2D eigenvalue weighted by Gasteiger charge is -2.07. The maximum absolute atomic E-state index is 12.5. The van der Waals surface area contributed by atoms with Crippen molar-refractivity contribution in [1.82, 2.24) is 19.1 Å². The molecule has 0 saturated heterocycles. The molecule has 0 saturated carbocycles. The lowest BCUT2D eigenvalue weighted by molar-refractivity contribution is 0.102. The summed E-state index contributed by atoms with van der Waals surface area (Å²) in [5.41, 5.74) is 0.280. The van der Waals surface area contributed by atoms with Crippen LogP contribution >= 0.6 is 11.3 Å². The predicted molar refractivity (Wildman–Crippen MR) is 99.8 cm³/mol. The quantitative estimate of drug-likeness (QED) is 0.579. The van der Waals surface area contributed by atoms with Crippen LogP contribution in [0.3, 0.4) is 0 Å². The van der Waals surface area contributed by atoms with Crippen LogP contribution in [0.5, 0.6) is 0 Å². The number of aryl methyl sites for hydroxylation is 1. The number of hydrogen-bond donors (Lipinski definition) is 1. The molecule has 4 rings (SSSR count). The van der Waals surface area contributed by atoms with Gasteiger partial charge in [-0.2, -0.15) is 0 Å². The number of carbonyl (C=O) groups is 1. The molecule has 26 heavy (non-hydrogen) atoms. The number of para-hydroxylation sites is 1. The highest BCUT2D eigenvalue weighted by Gasteiger charge is 2.15. The molecule has 130 valence electrons. The van der Waals surface area contributed by atoms with Gasteiger partial charge >= 0.3 is 5.69 Å². The van der Waals surface area contributed by atoms with Gasteiger partial charge in [-0.15, -0.1) is 0 Å². The molecule has 0 radical (unpaired) electrons. The van der Waals surface area contributed by atoms with Crippen molar-refractivity contribution in [2.75, 3.05) is 5.32 Å². The van der Waals surface area contributed by atoms with E-state index in [9.17, 15) is 14.4 Å². The summed E-state index contributed by atoms with van der Waals surface area (Å²) in [5, 5.41) is 3.39. The monoisotopic (exact) mass is 367 g/mol. The summed E-state index contributed by atoms with van der Waals surface area (Å²) in [6.07, 6.45) is 1.34. The van der Waals surface area contributed by atoms with E-state index < -0.39 is 17.2 Å². The van der Waals surface area contributed by atoms with Crippen molar-refractivity contribution < 1.29 is 4.79 Å². The van der Waals surface area contributed by atoms with Gasteiger partial charge in [-0.05, 0) is 18.2 Å². The standard InChI is InChI=1S/C17H13N5O3S/c1-21-13-10(15(24)22(2)17(21)25)7-9(8-18-13)14(23)20-16-19-11-5-3-4-6-12(11)26-16/h3-8H,1-2H3,(H,19,20,23). The summed E-state index contributed by atoms with van der Waals surface area (Å²) in [6, 6.07) is 9.00. The summed E-state index contributed by atoms with van der Waals surface area (Å²) >= 11 is 1.36. The predicted octanol–water partition coefficient (Wildman–Crippen LogP) is 1.49. The Morgan fingerprint density at radius 3 is 2.69 bits per heavy atom. The molecule has 0 atom stereocenters. The maximum Gasteiger partial charge on any atom is 0.332 e. The Balaban J connectivity index is 1.75. The average molecular weight is 367 g/mol. The second-order valence-electron chi connectivity index (χ2n) is 5.74. The maximum atomic E-state index is 12.5. The van der Waals surface area contributed by atoms with Gasteiger partial charge in [0.25, 0.3) is 11.5 Å². The second-order valence-corrected chi connectivity index (χ2v) is 6.77. The van der Waals surface area contributed by atoms with Crippen LogP contribution in [0.1, 0.15) is 10.4 Å². The van der Waals surface area contributed by atoms with Crippen LogP contribution < -0.4 is 16.6 Å². The SMILES string of the molecule is Cn1c(=O)c2cc(C(=O)Nc3nc4ccccc4s3)cnc2n(C)c1=O. The number of carbonyl (C=O) groups excluding carboxylic acids is 1.